The van der Waals surface area contributed by atoms with Crippen LogP contribution < -0.4 is 5.32 Å². The molecule has 1 aliphatic heterocycles. The van der Waals surface area contributed by atoms with Crippen LogP contribution in [0.5, 0.6) is 0 Å². The second-order valence-corrected chi connectivity index (χ2v) is 6.22. The van der Waals surface area contributed by atoms with Crippen molar-refractivity contribution in [3.8, 4) is 6.07 Å². The first-order valence-corrected chi connectivity index (χ1v) is 6.77. The lowest BCUT2D eigenvalue weighted by molar-refractivity contribution is 0.116. The van der Waals surface area contributed by atoms with E-state index in [-0.39, 0.29) is 0 Å². The van der Waals surface area contributed by atoms with Gasteiger partial charge in [0.25, 0.3) is 0 Å². The van der Waals surface area contributed by atoms with Crippen LogP contribution in [0.3, 0.4) is 0 Å². The van der Waals surface area contributed by atoms with Gasteiger partial charge in [0, 0.05) is 19.1 Å². The lowest BCUT2D eigenvalue weighted by atomic mass is 9.88. The van der Waals surface area contributed by atoms with E-state index < -0.39 is 5.54 Å². The van der Waals surface area contributed by atoms with E-state index in [1.807, 2.05) is 6.92 Å². The van der Waals surface area contributed by atoms with Crippen molar-refractivity contribution in [2.45, 2.75) is 52.6 Å². The van der Waals surface area contributed by atoms with Crippen molar-refractivity contribution in [2.24, 2.45) is 11.8 Å². The third kappa shape index (κ3) is 4.29. The Labute approximate surface area is 106 Å². The molecule has 0 aromatic carbocycles. The highest BCUT2D eigenvalue weighted by Gasteiger charge is 2.31. The molecule has 0 radical (unpaired) electrons. The fourth-order valence-corrected chi connectivity index (χ4v) is 2.69. The molecule has 1 fully saturated rings. The fourth-order valence-electron chi connectivity index (χ4n) is 2.69. The molecule has 98 valence electrons. The van der Waals surface area contributed by atoms with Gasteiger partial charge < -0.3 is 4.90 Å². The van der Waals surface area contributed by atoms with E-state index in [9.17, 15) is 5.26 Å². The van der Waals surface area contributed by atoms with Gasteiger partial charge in [-0.05, 0) is 45.6 Å². The standard InChI is InChI=1S/C14H27N3/c1-11(2)16-14(5,9-15)10-17-7-6-12(3)13(4)8-17/h11-13,16H,6-8,10H2,1-5H3. The maximum Gasteiger partial charge on any atom is 0.116 e. The van der Waals surface area contributed by atoms with Gasteiger partial charge in [0.15, 0.2) is 0 Å². The summed E-state index contributed by atoms with van der Waals surface area (Å²) in [6.45, 7) is 13.9. The zero-order valence-electron chi connectivity index (χ0n) is 12.0. The Kier molecular flexibility index (Phi) is 4.97. The monoisotopic (exact) mass is 237 g/mol. The van der Waals surface area contributed by atoms with Gasteiger partial charge in [-0.2, -0.15) is 5.26 Å². The minimum absolute atomic E-state index is 0.348. The average Bonchev–Trinajstić information content (AvgIpc) is 2.22. The van der Waals surface area contributed by atoms with Crippen molar-refractivity contribution in [2.75, 3.05) is 19.6 Å². The minimum Gasteiger partial charge on any atom is -0.300 e. The summed E-state index contributed by atoms with van der Waals surface area (Å²) >= 11 is 0. The third-order valence-corrected chi connectivity index (χ3v) is 3.81. The zero-order valence-corrected chi connectivity index (χ0v) is 12.0. The Morgan fingerprint density at radius 3 is 2.53 bits per heavy atom. The third-order valence-electron chi connectivity index (χ3n) is 3.81. The fraction of sp³-hybridized carbons (Fsp3) is 0.929. The molecule has 3 nitrogen and oxygen atoms in total. The summed E-state index contributed by atoms with van der Waals surface area (Å²) in [5.74, 6) is 1.56. The number of nitrogens with one attached hydrogen (secondary N) is 1. The number of piperidine rings is 1. The Morgan fingerprint density at radius 2 is 2.06 bits per heavy atom. The lowest BCUT2D eigenvalue weighted by Gasteiger charge is -2.39. The van der Waals surface area contributed by atoms with Gasteiger partial charge in [-0.3, -0.25) is 5.32 Å². The summed E-state index contributed by atoms with van der Waals surface area (Å²) in [5.41, 5.74) is -0.422. The Bertz CT molecular complexity index is 282. The summed E-state index contributed by atoms with van der Waals surface area (Å²) in [6, 6.07) is 2.78. The SMILES string of the molecule is CC(C)NC(C)(C#N)CN1CCC(C)C(C)C1. The van der Waals surface area contributed by atoms with Crippen molar-refractivity contribution in [3.05, 3.63) is 0 Å². The van der Waals surface area contributed by atoms with E-state index in [0.29, 0.717) is 6.04 Å². The predicted molar refractivity (Wildman–Crippen MR) is 71.7 cm³/mol. The second-order valence-electron chi connectivity index (χ2n) is 6.22. The molecule has 1 saturated heterocycles. The van der Waals surface area contributed by atoms with Gasteiger partial charge in [0.05, 0.1) is 6.07 Å². The number of nitriles is 1. The van der Waals surface area contributed by atoms with Crippen LogP contribution in [0.1, 0.15) is 41.0 Å². The van der Waals surface area contributed by atoms with E-state index in [4.69, 9.17) is 0 Å². The highest BCUT2D eigenvalue weighted by atomic mass is 15.2. The molecule has 1 aliphatic rings. The van der Waals surface area contributed by atoms with Crippen LogP contribution in [0.4, 0.5) is 0 Å². The summed E-state index contributed by atoms with van der Waals surface area (Å²) in [4.78, 5) is 2.43. The minimum atomic E-state index is -0.422. The Hall–Kier alpha value is -0.590. The Morgan fingerprint density at radius 1 is 1.41 bits per heavy atom. The molecule has 0 aromatic rings. The smallest absolute Gasteiger partial charge is 0.116 e. The van der Waals surface area contributed by atoms with Crippen LogP contribution in [-0.4, -0.2) is 36.1 Å². The normalized spacial score (nSPS) is 29.9. The highest BCUT2D eigenvalue weighted by Crippen LogP contribution is 2.23. The van der Waals surface area contributed by atoms with Crippen LogP contribution in [0.25, 0.3) is 0 Å². The summed E-state index contributed by atoms with van der Waals surface area (Å²) < 4.78 is 0. The number of rotatable bonds is 4. The van der Waals surface area contributed by atoms with Crippen molar-refractivity contribution < 1.29 is 0 Å². The molecule has 1 N–H and O–H groups in total. The van der Waals surface area contributed by atoms with Crippen molar-refractivity contribution in [3.63, 3.8) is 0 Å². The van der Waals surface area contributed by atoms with Crippen LogP contribution >= 0.6 is 0 Å². The largest absolute Gasteiger partial charge is 0.300 e. The molecule has 0 aromatic heterocycles. The summed E-state index contributed by atoms with van der Waals surface area (Å²) in [7, 11) is 0. The molecule has 0 aliphatic carbocycles. The molecule has 3 unspecified atom stereocenters. The average molecular weight is 237 g/mol. The van der Waals surface area contributed by atoms with E-state index >= 15 is 0 Å². The van der Waals surface area contributed by atoms with Crippen LogP contribution in [0.2, 0.25) is 0 Å². The van der Waals surface area contributed by atoms with Gasteiger partial charge >= 0.3 is 0 Å². The first kappa shape index (κ1) is 14.5. The molecule has 0 saturated carbocycles. The number of hydrogen-bond acceptors (Lipinski definition) is 3. The first-order chi connectivity index (χ1) is 7.86. The number of hydrogen-bond donors (Lipinski definition) is 1. The quantitative estimate of drug-likeness (QED) is 0.815. The van der Waals surface area contributed by atoms with Crippen molar-refractivity contribution >= 4 is 0 Å². The van der Waals surface area contributed by atoms with Gasteiger partial charge in [0.2, 0.25) is 0 Å². The molecule has 1 rings (SSSR count). The van der Waals surface area contributed by atoms with Gasteiger partial charge in [-0.15, -0.1) is 0 Å². The van der Waals surface area contributed by atoms with Crippen LogP contribution in [0, 0.1) is 23.2 Å². The molecule has 0 spiro atoms. The lowest BCUT2D eigenvalue weighted by Crippen LogP contribution is -2.54. The van der Waals surface area contributed by atoms with E-state index in [1.54, 1.807) is 0 Å². The predicted octanol–water partition coefficient (Wildman–Crippen LogP) is 2.24. The number of nitrogens with zero attached hydrogens (tertiary/aromatic N) is 2. The van der Waals surface area contributed by atoms with E-state index in [0.717, 1.165) is 31.5 Å². The molecule has 0 bridgehead atoms. The molecule has 17 heavy (non-hydrogen) atoms. The first-order valence-electron chi connectivity index (χ1n) is 6.77. The van der Waals surface area contributed by atoms with Crippen LogP contribution in [0.15, 0.2) is 0 Å². The molecular formula is C14H27N3. The van der Waals surface area contributed by atoms with Crippen molar-refractivity contribution in [1.29, 1.82) is 5.26 Å². The van der Waals surface area contributed by atoms with E-state index in [2.05, 4.69) is 44.0 Å². The maximum atomic E-state index is 9.34. The Balaban J connectivity index is 2.55. The summed E-state index contributed by atoms with van der Waals surface area (Å²) in [6.07, 6.45) is 1.25. The van der Waals surface area contributed by atoms with Gasteiger partial charge in [-0.25, -0.2) is 0 Å². The molecule has 3 atom stereocenters. The molecule has 1 heterocycles. The highest BCUT2D eigenvalue weighted by molar-refractivity contribution is 5.06. The molecule has 0 amide bonds. The number of likely N-dealkylation sites (tertiary alicyclic amines) is 1. The second kappa shape index (κ2) is 5.84. The maximum absolute atomic E-state index is 9.34. The summed E-state index contributed by atoms with van der Waals surface area (Å²) in [5, 5.41) is 12.7. The van der Waals surface area contributed by atoms with Crippen LogP contribution in [-0.2, 0) is 0 Å². The van der Waals surface area contributed by atoms with Gasteiger partial charge in [0.1, 0.15) is 5.54 Å². The van der Waals surface area contributed by atoms with E-state index in [1.165, 1.54) is 6.42 Å². The molecule has 3 heteroatoms. The van der Waals surface area contributed by atoms with Gasteiger partial charge in [-0.1, -0.05) is 13.8 Å². The van der Waals surface area contributed by atoms with Crippen molar-refractivity contribution in [1.82, 2.24) is 10.2 Å². The topological polar surface area (TPSA) is 39.1 Å². The molecular weight excluding hydrogens is 210 g/mol. The zero-order chi connectivity index (χ0) is 13.1.